The first-order valence-corrected chi connectivity index (χ1v) is 2.48. The Balaban J connectivity index is 2.30. The van der Waals surface area contributed by atoms with E-state index in [0.717, 1.165) is 0 Å². The highest BCUT2D eigenvalue weighted by Gasteiger charge is 2.41. The van der Waals surface area contributed by atoms with Crippen molar-refractivity contribution in [3.8, 4) is 0 Å². The molecule has 0 saturated heterocycles. The smallest absolute Gasteiger partial charge is 0.142 e. The van der Waals surface area contributed by atoms with E-state index < -0.39 is 11.8 Å². The first-order chi connectivity index (χ1) is 3.66. The quantitative estimate of drug-likeness (QED) is 0.258. The minimum absolute atomic E-state index is 0.212. The summed E-state index contributed by atoms with van der Waals surface area (Å²) in [6.07, 6.45) is -0.0350. The van der Waals surface area contributed by atoms with Crippen LogP contribution in [0.25, 0.3) is 0 Å². The van der Waals surface area contributed by atoms with Crippen LogP contribution in [0.1, 0.15) is 12.8 Å². The molecule has 1 aliphatic rings. The number of aliphatic hydroxyl groups excluding tert-OH is 1. The minimum Gasteiger partial charge on any atom is -0.393 e. The summed E-state index contributed by atoms with van der Waals surface area (Å²) >= 11 is 0. The fraction of sp³-hybridized carbons (Fsp3) is 1.00. The summed E-state index contributed by atoms with van der Waals surface area (Å²) < 4.78 is 0. The van der Waals surface area contributed by atoms with Crippen molar-refractivity contribution in [3.05, 3.63) is 0 Å². The van der Waals surface area contributed by atoms with Gasteiger partial charge in [0.2, 0.25) is 0 Å². The van der Waals surface area contributed by atoms with Gasteiger partial charge in [0.15, 0.2) is 0 Å². The molecule has 1 rings (SSSR count). The summed E-state index contributed by atoms with van der Waals surface area (Å²) in [5.74, 6) is 0. The second-order valence-electron chi connectivity index (χ2n) is 2.21. The van der Waals surface area contributed by atoms with Gasteiger partial charge in [0, 0.05) is 12.8 Å². The maximum Gasteiger partial charge on any atom is 0.142 e. The van der Waals surface area contributed by atoms with E-state index in [1.165, 1.54) is 0 Å². The highest BCUT2D eigenvalue weighted by atomic mass is 16.5. The van der Waals surface area contributed by atoms with Crippen LogP contribution in [0.2, 0.25) is 0 Å². The lowest BCUT2D eigenvalue weighted by molar-refractivity contribution is -0.188. The average Bonchev–Trinajstić information content (AvgIpc) is 1.63. The maximum absolute atomic E-state index is 8.87. The van der Waals surface area contributed by atoms with Crippen LogP contribution in [0.3, 0.4) is 0 Å². The van der Waals surface area contributed by atoms with E-state index in [2.05, 4.69) is 0 Å². The number of hydrogen-bond donors (Lipinski definition) is 4. The molecule has 0 bridgehead atoms. The first kappa shape index (κ1) is 5.97. The maximum atomic E-state index is 8.87. The highest BCUT2D eigenvalue weighted by molar-refractivity contribution is 4.89. The van der Waals surface area contributed by atoms with Gasteiger partial charge in [-0.05, 0) is 0 Å². The van der Waals surface area contributed by atoms with Crippen LogP contribution in [0.5, 0.6) is 0 Å². The molecule has 4 nitrogen and oxygen atoms in total. The number of hydrogen-bond acceptors (Lipinski definition) is 4. The van der Waals surface area contributed by atoms with Crippen LogP contribution in [0.15, 0.2) is 0 Å². The topological polar surface area (TPSA) is 72.7 Å². The molecule has 8 heavy (non-hydrogen) atoms. The summed E-state index contributed by atoms with van der Waals surface area (Å²) in [5.41, 5.74) is 0.495. The zero-order chi connectivity index (χ0) is 6.20. The normalized spacial score (nSPS) is 46.1. The van der Waals surface area contributed by atoms with Crippen LogP contribution in [-0.2, 0) is 0 Å². The molecular formula is C4H9NO3. The number of aliphatic hydroxyl groups is 2. The van der Waals surface area contributed by atoms with Crippen LogP contribution < -0.4 is 5.48 Å². The second-order valence-corrected chi connectivity index (χ2v) is 2.21. The molecule has 0 aromatic rings. The summed E-state index contributed by atoms with van der Waals surface area (Å²) in [7, 11) is 0. The number of rotatable bonds is 1. The lowest BCUT2D eigenvalue weighted by Crippen LogP contribution is -2.56. The lowest BCUT2D eigenvalue weighted by atomic mass is 9.86. The fourth-order valence-electron chi connectivity index (χ4n) is 0.811. The SMILES string of the molecule is ONC1(O)CC(O)C1. The molecule has 1 saturated carbocycles. The Kier molecular flexibility index (Phi) is 1.24. The Morgan fingerprint density at radius 3 is 2.12 bits per heavy atom. The van der Waals surface area contributed by atoms with Gasteiger partial charge in [-0.2, -0.15) is 5.48 Å². The van der Waals surface area contributed by atoms with Crippen molar-refractivity contribution < 1.29 is 15.4 Å². The standard InChI is InChI=1S/C4H9NO3/c6-3-1-4(7,2-3)5-8/h3,5-8H,1-2H2. The van der Waals surface area contributed by atoms with Gasteiger partial charge in [-0.25, -0.2) is 0 Å². The van der Waals surface area contributed by atoms with Crippen molar-refractivity contribution in [3.63, 3.8) is 0 Å². The molecule has 0 aromatic heterocycles. The van der Waals surface area contributed by atoms with E-state index in [9.17, 15) is 0 Å². The van der Waals surface area contributed by atoms with Crippen LogP contribution in [-0.4, -0.2) is 27.2 Å². The monoisotopic (exact) mass is 119 g/mol. The molecule has 0 heterocycles. The average molecular weight is 119 g/mol. The van der Waals surface area contributed by atoms with Gasteiger partial charge in [0.1, 0.15) is 5.72 Å². The minimum atomic E-state index is -1.21. The van der Waals surface area contributed by atoms with Crippen molar-refractivity contribution in [1.82, 2.24) is 5.48 Å². The van der Waals surface area contributed by atoms with Crippen molar-refractivity contribution in [2.24, 2.45) is 0 Å². The van der Waals surface area contributed by atoms with Gasteiger partial charge in [-0.1, -0.05) is 0 Å². The third kappa shape index (κ3) is 0.830. The van der Waals surface area contributed by atoms with Gasteiger partial charge in [-0.3, -0.25) is 0 Å². The van der Waals surface area contributed by atoms with E-state index in [-0.39, 0.29) is 12.8 Å². The van der Waals surface area contributed by atoms with Crippen molar-refractivity contribution in [2.45, 2.75) is 24.7 Å². The lowest BCUT2D eigenvalue weighted by Gasteiger charge is -2.38. The second kappa shape index (κ2) is 1.66. The van der Waals surface area contributed by atoms with Crippen LogP contribution in [0, 0.1) is 0 Å². The largest absolute Gasteiger partial charge is 0.393 e. The molecule has 0 spiro atoms. The molecule has 0 atom stereocenters. The molecule has 0 radical (unpaired) electrons. The molecule has 0 aromatic carbocycles. The third-order valence-electron chi connectivity index (χ3n) is 1.35. The third-order valence-corrected chi connectivity index (χ3v) is 1.35. The fourth-order valence-corrected chi connectivity index (χ4v) is 0.811. The summed E-state index contributed by atoms with van der Waals surface area (Å²) in [4.78, 5) is 0. The Hall–Kier alpha value is -0.160. The van der Waals surface area contributed by atoms with Crippen LogP contribution in [0.4, 0.5) is 0 Å². The Bertz CT molecular complexity index is 89.3. The molecule has 48 valence electrons. The van der Waals surface area contributed by atoms with Gasteiger partial charge < -0.3 is 15.4 Å². The molecule has 4 heteroatoms. The van der Waals surface area contributed by atoms with E-state index >= 15 is 0 Å². The van der Waals surface area contributed by atoms with E-state index in [0.29, 0.717) is 0 Å². The van der Waals surface area contributed by atoms with Crippen molar-refractivity contribution in [2.75, 3.05) is 0 Å². The predicted octanol–water partition coefficient (Wildman–Crippen LogP) is -1.19. The Labute approximate surface area is 46.7 Å². The first-order valence-electron chi connectivity index (χ1n) is 2.48. The molecule has 4 N–H and O–H groups in total. The highest BCUT2D eigenvalue weighted by Crippen LogP contribution is 2.28. The molecular weight excluding hydrogens is 110 g/mol. The van der Waals surface area contributed by atoms with Gasteiger partial charge >= 0.3 is 0 Å². The van der Waals surface area contributed by atoms with Gasteiger partial charge in [0.05, 0.1) is 6.10 Å². The van der Waals surface area contributed by atoms with E-state index in [4.69, 9.17) is 15.4 Å². The predicted molar refractivity (Wildman–Crippen MR) is 25.1 cm³/mol. The van der Waals surface area contributed by atoms with E-state index in [1.807, 2.05) is 0 Å². The van der Waals surface area contributed by atoms with Gasteiger partial charge in [0.25, 0.3) is 0 Å². The van der Waals surface area contributed by atoms with Crippen molar-refractivity contribution in [1.29, 1.82) is 0 Å². The molecule has 0 amide bonds. The van der Waals surface area contributed by atoms with E-state index in [1.54, 1.807) is 5.48 Å². The zero-order valence-electron chi connectivity index (χ0n) is 4.33. The molecule has 1 fully saturated rings. The van der Waals surface area contributed by atoms with Crippen molar-refractivity contribution >= 4 is 0 Å². The summed E-state index contributed by atoms with van der Waals surface area (Å²) in [6, 6.07) is 0. The molecule has 0 aliphatic heterocycles. The molecule has 1 aliphatic carbocycles. The number of hydroxylamine groups is 1. The summed E-state index contributed by atoms with van der Waals surface area (Å²) in [6.45, 7) is 0. The molecule has 0 unspecified atom stereocenters. The van der Waals surface area contributed by atoms with Gasteiger partial charge in [-0.15, -0.1) is 0 Å². The Morgan fingerprint density at radius 2 is 2.00 bits per heavy atom. The number of nitrogens with one attached hydrogen (secondary N) is 1. The van der Waals surface area contributed by atoms with Crippen LogP contribution >= 0.6 is 0 Å². The summed E-state index contributed by atoms with van der Waals surface area (Å²) in [5, 5.41) is 25.6. The Morgan fingerprint density at radius 1 is 1.50 bits per heavy atom. The zero-order valence-corrected chi connectivity index (χ0v) is 4.33.